The summed E-state index contributed by atoms with van der Waals surface area (Å²) >= 11 is 0. The zero-order chi connectivity index (χ0) is 17.9. The van der Waals surface area contributed by atoms with Gasteiger partial charge in [-0.2, -0.15) is 4.98 Å². The molecule has 1 aromatic carbocycles. The van der Waals surface area contributed by atoms with E-state index in [1.807, 2.05) is 13.8 Å². The summed E-state index contributed by atoms with van der Waals surface area (Å²) in [5.74, 6) is -0.270. The molecule has 0 atom stereocenters. The second-order valence-electron chi connectivity index (χ2n) is 5.50. The lowest BCUT2D eigenvalue weighted by atomic mass is 10.2. The molecule has 1 aromatic heterocycles. The SMILES string of the molecule is COc1ccc(CS(=O)(=O)Cc2noc(C(C)C)n2)cc1[N+](=O)[O-]. The van der Waals surface area contributed by atoms with Crippen LogP contribution in [0, 0.1) is 10.1 Å². The smallest absolute Gasteiger partial charge is 0.311 e. The Balaban J connectivity index is 2.19. The molecule has 0 aliphatic heterocycles. The molecule has 9 nitrogen and oxygen atoms in total. The van der Waals surface area contributed by atoms with Gasteiger partial charge in [0.05, 0.1) is 17.8 Å². The summed E-state index contributed by atoms with van der Waals surface area (Å²) in [6.07, 6.45) is 0. The number of methoxy groups -OCH3 is 1. The Morgan fingerprint density at radius 3 is 2.58 bits per heavy atom. The van der Waals surface area contributed by atoms with Crippen LogP contribution >= 0.6 is 0 Å². The average Bonchev–Trinajstić information content (AvgIpc) is 2.94. The van der Waals surface area contributed by atoms with Crippen LogP contribution in [0.25, 0.3) is 0 Å². The number of sulfone groups is 1. The topological polar surface area (TPSA) is 125 Å². The lowest BCUT2D eigenvalue weighted by molar-refractivity contribution is -0.385. The van der Waals surface area contributed by atoms with Crippen LogP contribution in [0.2, 0.25) is 0 Å². The van der Waals surface area contributed by atoms with Gasteiger partial charge < -0.3 is 9.26 Å². The van der Waals surface area contributed by atoms with Gasteiger partial charge in [-0.25, -0.2) is 8.42 Å². The Morgan fingerprint density at radius 1 is 1.33 bits per heavy atom. The molecular weight excluding hydrogens is 338 g/mol. The van der Waals surface area contributed by atoms with Crippen molar-refractivity contribution in [3.63, 3.8) is 0 Å². The number of hydrogen-bond donors (Lipinski definition) is 0. The molecule has 2 aromatic rings. The molecule has 0 amide bonds. The number of ether oxygens (including phenoxy) is 1. The highest BCUT2D eigenvalue weighted by Crippen LogP contribution is 2.28. The van der Waals surface area contributed by atoms with Crippen molar-refractivity contribution in [2.75, 3.05) is 7.11 Å². The summed E-state index contributed by atoms with van der Waals surface area (Å²) in [7, 11) is -2.30. The van der Waals surface area contributed by atoms with Gasteiger partial charge in [-0.15, -0.1) is 0 Å². The summed E-state index contributed by atoms with van der Waals surface area (Å²) in [6, 6.07) is 4.03. The maximum Gasteiger partial charge on any atom is 0.311 e. The normalized spacial score (nSPS) is 11.7. The van der Waals surface area contributed by atoms with Gasteiger partial charge in [0, 0.05) is 12.0 Å². The highest BCUT2D eigenvalue weighted by molar-refractivity contribution is 7.89. The number of rotatable bonds is 7. The van der Waals surface area contributed by atoms with Crippen molar-refractivity contribution in [1.29, 1.82) is 0 Å². The average molecular weight is 355 g/mol. The fourth-order valence-corrected chi connectivity index (χ4v) is 3.33. The molecular formula is C14H17N3O6S. The molecule has 10 heteroatoms. The minimum atomic E-state index is -3.61. The Hall–Kier alpha value is -2.49. The van der Waals surface area contributed by atoms with E-state index in [4.69, 9.17) is 9.26 Å². The first-order chi connectivity index (χ1) is 11.2. The Labute approximate surface area is 138 Å². The summed E-state index contributed by atoms with van der Waals surface area (Å²) in [4.78, 5) is 14.4. The van der Waals surface area contributed by atoms with Crippen LogP contribution in [0.15, 0.2) is 22.7 Å². The van der Waals surface area contributed by atoms with Crippen molar-refractivity contribution in [2.24, 2.45) is 0 Å². The molecule has 0 radical (unpaired) electrons. The van der Waals surface area contributed by atoms with Gasteiger partial charge in [-0.1, -0.05) is 25.1 Å². The quantitative estimate of drug-likeness (QED) is 0.546. The highest BCUT2D eigenvalue weighted by atomic mass is 32.2. The van der Waals surface area contributed by atoms with Gasteiger partial charge in [0.2, 0.25) is 5.89 Å². The van der Waals surface area contributed by atoms with Gasteiger partial charge >= 0.3 is 5.69 Å². The molecule has 0 aliphatic rings. The first-order valence-electron chi connectivity index (χ1n) is 7.06. The summed E-state index contributed by atoms with van der Waals surface area (Å²) in [6.45, 7) is 3.70. The number of hydrogen-bond acceptors (Lipinski definition) is 8. The van der Waals surface area contributed by atoms with Crippen molar-refractivity contribution in [3.8, 4) is 5.75 Å². The van der Waals surface area contributed by atoms with E-state index in [1.165, 1.54) is 25.3 Å². The molecule has 0 N–H and O–H groups in total. The number of nitro benzene ring substituents is 1. The third kappa shape index (κ3) is 4.28. The number of nitro groups is 1. The lowest BCUT2D eigenvalue weighted by Crippen LogP contribution is -2.09. The minimum absolute atomic E-state index is 0.00167. The molecule has 0 bridgehead atoms. The molecule has 0 saturated heterocycles. The third-order valence-electron chi connectivity index (χ3n) is 3.15. The van der Waals surface area contributed by atoms with E-state index in [0.29, 0.717) is 5.89 Å². The molecule has 1 heterocycles. The van der Waals surface area contributed by atoms with Gasteiger partial charge in [-0.05, 0) is 11.6 Å². The molecule has 0 aliphatic carbocycles. The standard InChI is InChI=1S/C14H17N3O6S/c1-9(2)14-15-13(16-23-14)8-24(20,21)7-10-4-5-12(22-3)11(6-10)17(18)19/h4-6,9H,7-8H2,1-3H3. The fourth-order valence-electron chi connectivity index (χ4n) is 2.03. The Bertz CT molecular complexity index is 844. The monoisotopic (exact) mass is 355 g/mol. The van der Waals surface area contributed by atoms with Gasteiger partial charge in [0.25, 0.3) is 0 Å². The van der Waals surface area contributed by atoms with E-state index in [1.54, 1.807) is 0 Å². The van der Waals surface area contributed by atoms with Crippen molar-refractivity contribution >= 4 is 15.5 Å². The molecule has 2 rings (SSSR count). The molecule has 0 spiro atoms. The number of nitrogens with zero attached hydrogens (tertiary/aromatic N) is 3. The summed E-state index contributed by atoms with van der Waals surface area (Å²) in [5, 5.41) is 14.6. The first kappa shape index (κ1) is 17.9. The van der Waals surface area contributed by atoms with Crippen molar-refractivity contribution in [2.45, 2.75) is 31.3 Å². The van der Waals surface area contributed by atoms with Crippen LogP contribution in [0.5, 0.6) is 5.75 Å². The Kier molecular flexibility index (Phi) is 5.17. The van der Waals surface area contributed by atoms with E-state index < -0.39 is 20.5 Å². The van der Waals surface area contributed by atoms with Crippen molar-refractivity contribution in [1.82, 2.24) is 10.1 Å². The van der Waals surface area contributed by atoms with Gasteiger partial charge in [0.15, 0.2) is 21.4 Å². The van der Waals surface area contributed by atoms with E-state index in [2.05, 4.69) is 10.1 Å². The van der Waals surface area contributed by atoms with Crippen molar-refractivity contribution < 1.29 is 22.6 Å². The zero-order valence-electron chi connectivity index (χ0n) is 13.4. The Morgan fingerprint density at radius 2 is 2.04 bits per heavy atom. The predicted octanol–water partition coefficient (Wildman–Crippen LogP) is 2.22. The van der Waals surface area contributed by atoms with Crippen LogP contribution in [0.1, 0.15) is 37.0 Å². The first-order valence-corrected chi connectivity index (χ1v) is 8.88. The third-order valence-corrected chi connectivity index (χ3v) is 4.62. The van der Waals surface area contributed by atoms with Crippen LogP contribution in [0.3, 0.4) is 0 Å². The van der Waals surface area contributed by atoms with Crippen LogP contribution in [0.4, 0.5) is 5.69 Å². The fraction of sp³-hybridized carbons (Fsp3) is 0.429. The molecule has 130 valence electrons. The van der Waals surface area contributed by atoms with E-state index in [9.17, 15) is 18.5 Å². The molecule has 0 saturated carbocycles. The van der Waals surface area contributed by atoms with Crippen molar-refractivity contribution in [3.05, 3.63) is 45.6 Å². The summed E-state index contributed by atoms with van der Waals surface area (Å²) in [5.41, 5.74) is 0.00179. The van der Waals surface area contributed by atoms with Crippen LogP contribution in [-0.4, -0.2) is 30.6 Å². The maximum atomic E-state index is 12.3. The van der Waals surface area contributed by atoms with E-state index in [0.717, 1.165) is 0 Å². The van der Waals surface area contributed by atoms with Crippen LogP contribution < -0.4 is 4.74 Å². The second-order valence-corrected chi connectivity index (χ2v) is 7.56. The molecule has 0 unspecified atom stereocenters. The highest BCUT2D eigenvalue weighted by Gasteiger charge is 2.21. The maximum absolute atomic E-state index is 12.3. The predicted molar refractivity (Wildman–Crippen MR) is 84.4 cm³/mol. The van der Waals surface area contributed by atoms with Gasteiger partial charge in [0.1, 0.15) is 5.75 Å². The van der Waals surface area contributed by atoms with Crippen LogP contribution in [-0.2, 0) is 21.3 Å². The minimum Gasteiger partial charge on any atom is -0.490 e. The molecule has 0 fully saturated rings. The summed E-state index contributed by atoms with van der Waals surface area (Å²) < 4.78 is 34.4. The van der Waals surface area contributed by atoms with E-state index in [-0.39, 0.29) is 34.5 Å². The second kappa shape index (κ2) is 6.95. The zero-order valence-corrected chi connectivity index (χ0v) is 14.2. The molecule has 24 heavy (non-hydrogen) atoms. The largest absolute Gasteiger partial charge is 0.490 e. The lowest BCUT2D eigenvalue weighted by Gasteiger charge is -2.05. The number of aromatic nitrogens is 2. The van der Waals surface area contributed by atoms with Gasteiger partial charge in [-0.3, -0.25) is 10.1 Å². The van der Waals surface area contributed by atoms with E-state index >= 15 is 0 Å². The number of benzene rings is 1.